The zero-order valence-corrected chi connectivity index (χ0v) is 26.0. The van der Waals surface area contributed by atoms with Crippen molar-refractivity contribution < 1.29 is 45.4 Å². The molecule has 4 aromatic rings. The summed E-state index contributed by atoms with van der Waals surface area (Å²) in [4.78, 5) is 31.4. The van der Waals surface area contributed by atoms with Crippen LogP contribution in [0.5, 0.6) is 5.88 Å². The molecule has 244 valence electrons. The summed E-state index contributed by atoms with van der Waals surface area (Å²) in [5, 5.41) is 0. The Morgan fingerprint density at radius 3 is 2.43 bits per heavy atom. The molecule has 0 radical (unpaired) electrons. The van der Waals surface area contributed by atoms with Gasteiger partial charge in [0.05, 0.1) is 24.8 Å². The van der Waals surface area contributed by atoms with Crippen LogP contribution in [0.2, 0.25) is 0 Å². The Bertz CT molecular complexity index is 1880. The number of hydrogen-bond acceptors (Lipinski definition) is 5. The average Bonchev–Trinajstić information content (AvgIpc) is 3.62. The van der Waals surface area contributed by atoms with Crippen molar-refractivity contribution in [3.63, 3.8) is 0 Å². The van der Waals surface area contributed by atoms with E-state index in [9.17, 15) is 35.9 Å². The van der Waals surface area contributed by atoms with Crippen molar-refractivity contribution in [3.05, 3.63) is 107 Å². The SMILES string of the molecule is COc1ncc(-c2ccc(C(=O)PC(F)(F)c3cccc(F)c3)cc2C)cc1-c1ccc(C(F)(F)F)cc1[C@@H]1CC[C@H]2COC(=O)N21. The first-order valence-electron chi connectivity index (χ1n) is 14.5. The number of rotatable bonds is 8. The highest BCUT2D eigenvalue weighted by Crippen LogP contribution is 2.48. The van der Waals surface area contributed by atoms with Crippen molar-refractivity contribution in [2.75, 3.05) is 13.7 Å². The lowest BCUT2D eigenvalue weighted by Crippen LogP contribution is -2.30. The van der Waals surface area contributed by atoms with Gasteiger partial charge in [0.15, 0.2) is 5.52 Å². The van der Waals surface area contributed by atoms with E-state index in [1.54, 1.807) is 19.1 Å². The predicted octanol–water partition coefficient (Wildman–Crippen LogP) is 9.11. The Balaban J connectivity index is 1.36. The second kappa shape index (κ2) is 12.3. The Morgan fingerprint density at radius 1 is 0.957 bits per heavy atom. The lowest BCUT2D eigenvalue weighted by Gasteiger charge is -2.26. The number of nitrogens with zero attached hydrogens (tertiary/aromatic N) is 2. The molecule has 2 fully saturated rings. The standard InChI is InChI=1S/C34H27F6N2O4P/c1-18-12-19(31(43)47-34(39,40)22-4-3-5-23(35)14-22)6-9-25(18)20-13-28(30(45-2)41-16-20)26-10-7-21(33(36,37)38)15-27(26)29-11-8-24-17-46-32(44)42(24)29/h3-7,9-10,12-16,24,29,47H,8,11,17H2,1-2H3/t24-,29-/m0/s1. The van der Waals surface area contributed by atoms with Gasteiger partial charge in [-0.3, -0.25) is 9.69 Å². The van der Waals surface area contributed by atoms with Gasteiger partial charge in [0.2, 0.25) is 5.88 Å². The first kappa shape index (κ1) is 32.5. The highest BCUT2D eigenvalue weighted by Gasteiger charge is 2.45. The van der Waals surface area contributed by atoms with E-state index in [4.69, 9.17) is 9.47 Å². The van der Waals surface area contributed by atoms with Gasteiger partial charge in [-0.15, -0.1) is 0 Å². The summed E-state index contributed by atoms with van der Waals surface area (Å²) in [6.07, 6.45) is -2.70. The smallest absolute Gasteiger partial charge is 0.416 e. The summed E-state index contributed by atoms with van der Waals surface area (Å²) in [5.74, 6) is -0.694. The van der Waals surface area contributed by atoms with Crippen LogP contribution in [-0.4, -0.2) is 41.3 Å². The van der Waals surface area contributed by atoms with Gasteiger partial charge in [-0.2, -0.15) is 22.0 Å². The predicted molar refractivity (Wildman–Crippen MR) is 163 cm³/mol. The fourth-order valence-corrected chi connectivity index (χ4v) is 7.07. The summed E-state index contributed by atoms with van der Waals surface area (Å²) >= 11 is 0. The van der Waals surface area contributed by atoms with E-state index in [0.717, 1.165) is 30.3 Å². The highest BCUT2D eigenvalue weighted by atomic mass is 31.1. The highest BCUT2D eigenvalue weighted by molar-refractivity contribution is 7.59. The summed E-state index contributed by atoms with van der Waals surface area (Å²) in [6, 6.07) is 12.6. The summed E-state index contributed by atoms with van der Waals surface area (Å²) in [6.45, 7) is 1.86. The Hall–Kier alpha value is -4.44. The number of aryl methyl sites for hydroxylation is 1. The van der Waals surface area contributed by atoms with Gasteiger partial charge in [-0.05, 0) is 78.4 Å². The molecule has 0 saturated carbocycles. The Morgan fingerprint density at radius 2 is 1.72 bits per heavy atom. The van der Waals surface area contributed by atoms with Crippen molar-refractivity contribution in [1.29, 1.82) is 0 Å². The van der Waals surface area contributed by atoms with Crippen LogP contribution in [0.25, 0.3) is 22.3 Å². The van der Waals surface area contributed by atoms with Gasteiger partial charge in [-0.1, -0.05) is 30.3 Å². The van der Waals surface area contributed by atoms with Crippen LogP contribution in [0.1, 0.15) is 51.5 Å². The number of carbonyl (C=O) groups is 2. The fraction of sp³-hybridized carbons (Fsp3) is 0.265. The van der Waals surface area contributed by atoms with Crippen molar-refractivity contribution in [2.24, 2.45) is 0 Å². The van der Waals surface area contributed by atoms with Gasteiger partial charge in [-0.25, -0.2) is 14.2 Å². The van der Waals surface area contributed by atoms with E-state index in [1.165, 1.54) is 36.4 Å². The molecular formula is C34H27F6N2O4P. The van der Waals surface area contributed by atoms with Gasteiger partial charge < -0.3 is 9.47 Å². The molecule has 2 aliphatic rings. The third-order valence-electron chi connectivity index (χ3n) is 8.44. The van der Waals surface area contributed by atoms with E-state index < -0.39 is 55.0 Å². The Kier molecular flexibility index (Phi) is 8.50. The third kappa shape index (κ3) is 6.31. The molecule has 3 heterocycles. The first-order valence-corrected chi connectivity index (χ1v) is 15.5. The molecule has 2 aliphatic heterocycles. The number of ether oxygens (including phenoxy) is 2. The average molecular weight is 673 g/mol. The monoisotopic (exact) mass is 672 g/mol. The van der Waals surface area contributed by atoms with Crippen LogP contribution in [0.15, 0.2) is 72.9 Å². The van der Waals surface area contributed by atoms with Crippen LogP contribution in [0, 0.1) is 12.7 Å². The maximum absolute atomic E-state index is 14.8. The van der Waals surface area contributed by atoms with Crippen LogP contribution in [-0.2, 0) is 16.6 Å². The van der Waals surface area contributed by atoms with Crippen molar-refractivity contribution >= 4 is 20.2 Å². The van der Waals surface area contributed by atoms with Crippen LogP contribution in [0.4, 0.5) is 31.1 Å². The molecule has 3 aromatic carbocycles. The number of pyridine rings is 1. The molecular weight excluding hydrogens is 645 g/mol. The number of aromatic nitrogens is 1. The number of carbonyl (C=O) groups excluding carboxylic acids is 2. The van der Waals surface area contributed by atoms with Crippen molar-refractivity contribution in [2.45, 2.75) is 43.7 Å². The maximum Gasteiger partial charge on any atom is 0.416 e. The number of cyclic esters (lactones) is 1. The zero-order valence-electron chi connectivity index (χ0n) is 25.0. The van der Waals surface area contributed by atoms with Crippen LogP contribution in [0.3, 0.4) is 0 Å². The minimum absolute atomic E-state index is 0.0423. The molecule has 6 rings (SSSR count). The molecule has 2 saturated heterocycles. The number of amides is 1. The lowest BCUT2D eigenvalue weighted by molar-refractivity contribution is -0.137. The van der Waals surface area contributed by atoms with Crippen molar-refractivity contribution in [1.82, 2.24) is 9.88 Å². The summed E-state index contributed by atoms with van der Waals surface area (Å²) in [5.41, 5.74) is -3.08. The molecule has 47 heavy (non-hydrogen) atoms. The number of methoxy groups -OCH3 is 1. The minimum atomic E-state index is -4.63. The largest absolute Gasteiger partial charge is 0.481 e. The van der Waals surface area contributed by atoms with Gasteiger partial charge in [0, 0.05) is 37.0 Å². The van der Waals surface area contributed by atoms with Gasteiger partial charge in [0.25, 0.3) is 5.66 Å². The molecule has 1 unspecified atom stereocenters. The van der Waals surface area contributed by atoms with E-state index in [2.05, 4.69) is 4.98 Å². The molecule has 0 spiro atoms. The van der Waals surface area contributed by atoms with Gasteiger partial charge in [0.1, 0.15) is 12.4 Å². The lowest BCUT2D eigenvalue weighted by atomic mass is 9.90. The third-order valence-corrected chi connectivity index (χ3v) is 9.56. The molecule has 0 bridgehead atoms. The molecule has 1 aromatic heterocycles. The molecule has 0 aliphatic carbocycles. The number of benzene rings is 3. The fourth-order valence-electron chi connectivity index (χ4n) is 6.18. The topological polar surface area (TPSA) is 68.7 Å². The second-order valence-electron chi connectivity index (χ2n) is 11.4. The minimum Gasteiger partial charge on any atom is -0.481 e. The van der Waals surface area contributed by atoms with E-state index in [1.807, 2.05) is 0 Å². The number of hydrogen-bond donors (Lipinski definition) is 0. The van der Waals surface area contributed by atoms with Crippen LogP contribution < -0.4 is 4.74 Å². The summed E-state index contributed by atoms with van der Waals surface area (Å²) < 4.78 is 95.5. The normalized spacial score (nSPS) is 18.1. The Labute approximate surface area is 267 Å². The number of fused-ring (bicyclic) bond motifs is 1. The summed E-state index contributed by atoms with van der Waals surface area (Å²) in [7, 11) is -0.0903. The first-order chi connectivity index (χ1) is 22.3. The van der Waals surface area contributed by atoms with Crippen molar-refractivity contribution in [3.8, 4) is 28.1 Å². The van der Waals surface area contributed by atoms with E-state index >= 15 is 0 Å². The van der Waals surface area contributed by atoms with Crippen LogP contribution >= 0.6 is 8.58 Å². The second-order valence-corrected chi connectivity index (χ2v) is 12.7. The number of halogens is 6. The van der Waals surface area contributed by atoms with Gasteiger partial charge >= 0.3 is 12.3 Å². The molecule has 0 N–H and O–H groups in total. The van der Waals surface area contributed by atoms with E-state index in [-0.39, 0.29) is 29.7 Å². The zero-order chi connectivity index (χ0) is 33.7. The molecule has 3 atom stereocenters. The maximum atomic E-state index is 14.8. The molecule has 13 heteroatoms. The number of alkyl halides is 5. The molecule has 6 nitrogen and oxygen atoms in total. The van der Waals surface area contributed by atoms with E-state index in [0.29, 0.717) is 46.7 Å². The molecule has 1 amide bonds. The quantitative estimate of drug-likeness (QED) is 0.138.